The molecule has 0 bridgehead atoms. The van der Waals surface area contributed by atoms with Gasteiger partial charge in [-0.3, -0.25) is 9.59 Å². The van der Waals surface area contributed by atoms with Crippen LogP contribution in [0.1, 0.15) is 69.0 Å². The van der Waals surface area contributed by atoms with Gasteiger partial charge < -0.3 is 10.2 Å². The van der Waals surface area contributed by atoms with Gasteiger partial charge >= 0.3 is 0 Å². The molecule has 2 heterocycles. The summed E-state index contributed by atoms with van der Waals surface area (Å²) in [4.78, 5) is 36.2. The van der Waals surface area contributed by atoms with Crippen molar-refractivity contribution in [3.05, 3.63) is 56.5 Å². The third-order valence-corrected chi connectivity index (χ3v) is 6.33. The van der Waals surface area contributed by atoms with Crippen LogP contribution < -0.4 is 5.32 Å². The minimum Gasteiger partial charge on any atom is -0.344 e. The van der Waals surface area contributed by atoms with E-state index in [1.54, 1.807) is 30.9 Å². The van der Waals surface area contributed by atoms with Gasteiger partial charge in [0.25, 0.3) is 11.8 Å². The Morgan fingerprint density at radius 3 is 2.75 bits per heavy atom. The maximum absolute atomic E-state index is 12.9. The predicted octanol–water partition coefficient (Wildman–Crippen LogP) is 3.43. The summed E-state index contributed by atoms with van der Waals surface area (Å²) in [6.45, 7) is 1.82. The molecule has 1 fully saturated rings. The van der Waals surface area contributed by atoms with Crippen LogP contribution in [-0.4, -0.2) is 50.6 Å². The van der Waals surface area contributed by atoms with Crippen LogP contribution in [0.5, 0.6) is 0 Å². The number of nitriles is 1. The summed E-state index contributed by atoms with van der Waals surface area (Å²) >= 11 is 4.56. The van der Waals surface area contributed by atoms with Crippen LogP contribution in [0.15, 0.2) is 28.9 Å². The van der Waals surface area contributed by atoms with Crippen LogP contribution >= 0.6 is 27.3 Å². The van der Waals surface area contributed by atoms with Crippen molar-refractivity contribution in [2.24, 2.45) is 0 Å². The summed E-state index contributed by atoms with van der Waals surface area (Å²) in [5, 5.41) is 17.2. The summed E-state index contributed by atoms with van der Waals surface area (Å²) in [6, 6.07) is 6.40. The first-order valence-electron chi connectivity index (χ1n) is 9.93. The molecule has 2 aromatic heterocycles. The van der Waals surface area contributed by atoms with E-state index >= 15 is 0 Å². The van der Waals surface area contributed by atoms with Crippen LogP contribution in [0.25, 0.3) is 5.13 Å². The van der Waals surface area contributed by atoms with E-state index in [-0.39, 0.29) is 11.8 Å². The largest absolute Gasteiger partial charge is 0.344 e. The van der Waals surface area contributed by atoms with E-state index in [0.717, 1.165) is 12.8 Å². The maximum Gasteiger partial charge on any atom is 0.265 e. The fourth-order valence-corrected chi connectivity index (χ4v) is 4.48. The Morgan fingerprint density at radius 1 is 1.34 bits per heavy atom. The molecule has 1 aromatic carbocycles. The van der Waals surface area contributed by atoms with Gasteiger partial charge in [0.2, 0.25) is 5.13 Å². The molecule has 0 spiro atoms. The number of thiazole rings is 1. The van der Waals surface area contributed by atoms with Gasteiger partial charge in [0.15, 0.2) is 11.6 Å². The molecule has 1 atom stereocenters. The second-order valence-electron chi connectivity index (χ2n) is 7.76. The fraction of sp³-hybridized carbons (Fsp3) is 0.333. The quantitative estimate of drug-likeness (QED) is 0.539. The van der Waals surface area contributed by atoms with Crippen molar-refractivity contribution in [2.75, 3.05) is 14.1 Å². The van der Waals surface area contributed by atoms with E-state index in [9.17, 15) is 9.59 Å². The highest BCUT2D eigenvalue weighted by atomic mass is 79.9. The van der Waals surface area contributed by atoms with Gasteiger partial charge in [0, 0.05) is 30.0 Å². The molecule has 4 rings (SSSR count). The second-order valence-corrected chi connectivity index (χ2v) is 9.68. The topological polar surface area (TPSA) is 117 Å². The first kappa shape index (κ1) is 22.1. The number of nitrogens with one attached hydrogen (secondary N) is 1. The van der Waals surface area contributed by atoms with E-state index in [4.69, 9.17) is 5.26 Å². The molecule has 2 amide bonds. The first-order chi connectivity index (χ1) is 15.3. The van der Waals surface area contributed by atoms with Crippen LogP contribution in [0.2, 0.25) is 0 Å². The monoisotopic (exact) mass is 513 g/mol. The molecule has 0 aliphatic heterocycles. The molecule has 0 radical (unpaired) electrons. The van der Waals surface area contributed by atoms with Gasteiger partial charge in [-0.2, -0.15) is 9.94 Å². The number of aromatic nitrogens is 4. The third-order valence-electron chi connectivity index (χ3n) is 4.91. The molecule has 1 saturated carbocycles. The van der Waals surface area contributed by atoms with E-state index in [1.807, 2.05) is 13.0 Å². The SMILES string of the molecule is C[C@H](NC(=O)c1cc(Br)cc(C#N)c1)c1nc(C2CC2)nn1-c1ncc(C(=O)N(C)C)s1. The standard InChI is InChI=1S/C21H20BrN7O2S/c1-11(25-19(30)14-6-12(9-23)7-15(22)8-14)18-26-17(13-4-5-13)27-29(18)21-24-10-16(32-21)20(31)28(2)3/h6-8,10-11,13H,4-5H2,1-3H3,(H,25,30)/t11-/m0/s1. The number of nitrogens with zero attached hydrogens (tertiary/aromatic N) is 6. The minimum absolute atomic E-state index is 0.137. The van der Waals surface area contributed by atoms with Gasteiger partial charge in [0.05, 0.1) is 23.9 Å². The van der Waals surface area contributed by atoms with Crippen LogP contribution in [0, 0.1) is 11.3 Å². The predicted molar refractivity (Wildman–Crippen MR) is 122 cm³/mol. The number of halogens is 1. The van der Waals surface area contributed by atoms with E-state index < -0.39 is 6.04 Å². The Morgan fingerprint density at radius 2 is 2.09 bits per heavy atom. The lowest BCUT2D eigenvalue weighted by molar-refractivity contribution is 0.0831. The van der Waals surface area contributed by atoms with Gasteiger partial charge in [0.1, 0.15) is 4.88 Å². The van der Waals surface area contributed by atoms with Crippen molar-refractivity contribution in [3.8, 4) is 11.2 Å². The number of hydrogen-bond acceptors (Lipinski definition) is 7. The lowest BCUT2D eigenvalue weighted by Crippen LogP contribution is -2.28. The van der Waals surface area contributed by atoms with Gasteiger partial charge in [-0.1, -0.05) is 27.3 Å². The number of carbonyl (C=O) groups excluding carboxylic acids is 2. The van der Waals surface area contributed by atoms with Crippen LogP contribution in [0.3, 0.4) is 0 Å². The average molecular weight is 514 g/mol. The summed E-state index contributed by atoms with van der Waals surface area (Å²) in [6.07, 6.45) is 3.58. The van der Waals surface area contributed by atoms with Crippen molar-refractivity contribution in [1.82, 2.24) is 30.0 Å². The van der Waals surface area contributed by atoms with E-state index in [2.05, 4.69) is 36.3 Å². The van der Waals surface area contributed by atoms with Crippen molar-refractivity contribution in [2.45, 2.75) is 31.7 Å². The molecule has 11 heteroatoms. The number of carbonyl (C=O) groups is 2. The molecule has 1 N–H and O–H groups in total. The van der Waals surface area contributed by atoms with Crippen molar-refractivity contribution < 1.29 is 9.59 Å². The Balaban J connectivity index is 1.63. The Bertz CT molecular complexity index is 1240. The molecule has 32 heavy (non-hydrogen) atoms. The molecule has 0 unspecified atom stereocenters. The van der Waals surface area contributed by atoms with Gasteiger partial charge in [-0.15, -0.1) is 5.10 Å². The van der Waals surface area contributed by atoms with Crippen LogP contribution in [-0.2, 0) is 0 Å². The normalized spacial score (nSPS) is 14.0. The highest BCUT2D eigenvalue weighted by molar-refractivity contribution is 9.10. The average Bonchev–Trinajstić information content (AvgIpc) is 3.32. The number of rotatable bonds is 6. The zero-order valence-corrected chi connectivity index (χ0v) is 20.1. The van der Waals surface area contributed by atoms with Crippen molar-refractivity contribution >= 4 is 39.1 Å². The van der Waals surface area contributed by atoms with Crippen molar-refractivity contribution in [3.63, 3.8) is 0 Å². The zero-order valence-electron chi connectivity index (χ0n) is 17.7. The van der Waals surface area contributed by atoms with Gasteiger partial charge in [-0.25, -0.2) is 9.97 Å². The Kier molecular flexibility index (Phi) is 6.08. The molecule has 0 saturated heterocycles. The number of amides is 2. The Labute approximate surface area is 197 Å². The number of benzene rings is 1. The van der Waals surface area contributed by atoms with E-state index in [1.165, 1.54) is 28.5 Å². The minimum atomic E-state index is -0.482. The molecule has 3 aromatic rings. The Hall–Kier alpha value is -3.10. The van der Waals surface area contributed by atoms with Gasteiger partial charge in [-0.05, 0) is 38.0 Å². The summed E-state index contributed by atoms with van der Waals surface area (Å²) in [7, 11) is 3.37. The highest BCUT2D eigenvalue weighted by Gasteiger charge is 2.31. The number of hydrogen-bond donors (Lipinski definition) is 1. The lowest BCUT2D eigenvalue weighted by atomic mass is 10.1. The highest BCUT2D eigenvalue weighted by Crippen LogP contribution is 2.39. The summed E-state index contributed by atoms with van der Waals surface area (Å²) in [5.74, 6) is 1.09. The molecular formula is C21H20BrN7O2S. The lowest BCUT2D eigenvalue weighted by Gasteiger charge is -2.14. The third kappa shape index (κ3) is 4.56. The molecule has 1 aliphatic rings. The molecule has 9 nitrogen and oxygen atoms in total. The first-order valence-corrected chi connectivity index (χ1v) is 11.5. The fourth-order valence-electron chi connectivity index (χ4n) is 3.09. The molecule has 164 valence electrons. The summed E-state index contributed by atoms with van der Waals surface area (Å²) < 4.78 is 2.26. The maximum atomic E-state index is 12.9. The molecule has 1 aliphatic carbocycles. The summed E-state index contributed by atoms with van der Waals surface area (Å²) in [5.41, 5.74) is 0.751. The van der Waals surface area contributed by atoms with Crippen LogP contribution in [0.4, 0.5) is 0 Å². The zero-order chi connectivity index (χ0) is 23.0. The molecular weight excluding hydrogens is 494 g/mol. The smallest absolute Gasteiger partial charge is 0.265 e. The second kappa shape index (κ2) is 8.80. The van der Waals surface area contributed by atoms with Crippen molar-refractivity contribution in [1.29, 1.82) is 5.26 Å². The van der Waals surface area contributed by atoms with E-state index in [0.29, 0.717) is 43.2 Å².